The highest BCUT2D eigenvalue weighted by atomic mass is 79.9. The molecule has 0 aliphatic carbocycles. The topological polar surface area (TPSA) is 29.5 Å². The quantitative estimate of drug-likeness (QED) is 0.800. The molecule has 1 aliphatic heterocycles. The first-order chi connectivity index (χ1) is 8.16. The van der Waals surface area contributed by atoms with Gasteiger partial charge in [-0.1, -0.05) is 0 Å². The van der Waals surface area contributed by atoms with E-state index in [1.807, 2.05) is 19.2 Å². The normalized spacial score (nSPS) is 17.6. The summed E-state index contributed by atoms with van der Waals surface area (Å²) in [4.78, 5) is 15.0. The molecule has 3 nitrogen and oxygen atoms in total. The van der Waals surface area contributed by atoms with Crippen LogP contribution in [-0.2, 0) is 4.74 Å². The van der Waals surface area contributed by atoms with Crippen LogP contribution >= 0.6 is 27.3 Å². The van der Waals surface area contributed by atoms with Gasteiger partial charge in [-0.25, -0.2) is 0 Å². The Labute approximate surface area is 114 Å². The first-order valence-electron chi connectivity index (χ1n) is 5.73. The van der Waals surface area contributed by atoms with Crippen molar-refractivity contribution in [3.8, 4) is 0 Å². The maximum Gasteiger partial charge on any atom is 0.186 e. The lowest BCUT2D eigenvalue weighted by Crippen LogP contribution is -2.39. The molecule has 1 fully saturated rings. The first-order valence-corrected chi connectivity index (χ1v) is 7.34. The fraction of sp³-hybridized carbons (Fsp3) is 0.583. The van der Waals surface area contributed by atoms with Crippen LogP contribution in [0.15, 0.2) is 15.9 Å². The van der Waals surface area contributed by atoms with E-state index in [9.17, 15) is 4.79 Å². The van der Waals surface area contributed by atoms with Crippen LogP contribution < -0.4 is 0 Å². The van der Waals surface area contributed by atoms with Crippen molar-refractivity contribution in [2.45, 2.75) is 18.9 Å². The number of likely N-dealkylation sites (N-methyl/N-ethyl adjacent to an activating group) is 1. The summed E-state index contributed by atoms with van der Waals surface area (Å²) >= 11 is 4.88. The largest absolute Gasteiger partial charge is 0.381 e. The Balaban J connectivity index is 1.89. The predicted octanol–water partition coefficient (Wildman–Crippen LogP) is 2.80. The predicted molar refractivity (Wildman–Crippen MR) is 72.8 cm³/mol. The summed E-state index contributed by atoms with van der Waals surface area (Å²) in [6.07, 6.45) is 2.05. The van der Waals surface area contributed by atoms with Crippen molar-refractivity contribution < 1.29 is 9.53 Å². The molecular formula is C12H16BrNO2S. The highest BCUT2D eigenvalue weighted by molar-refractivity contribution is 9.11. The van der Waals surface area contributed by atoms with Gasteiger partial charge in [-0.15, -0.1) is 11.3 Å². The van der Waals surface area contributed by atoms with E-state index in [0.29, 0.717) is 12.6 Å². The van der Waals surface area contributed by atoms with Crippen LogP contribution in [0, 0.1) is 0 Å². The average Bonchev–Trinajstić information content (AvgIpc) is 2.77. The van der Waals surface area contributed by atoms with E-state index in [4.69, 9.17) is 4.74 Å². The molecule has 2 rings (SSSR count). The van der Waals surface area contributed by atoms with E-state index in [2.05, 4.69) is 20.8 Å². The molecule has 5 heteroatoms. The molecule has 0 N–H and O–H groups in total. The Hall–Kier alpha value is -0.230. The molecule has 0 radical (unpaired) electrons. The third-order valence-electron chi connectivity index (χ3n) is 3.06. The van der Waals surface area contributed by atoms with Gasteiger partial charge in [0.25, 0.3) is 0 Å². The summed E-state index contributed by atoms with van der Waals surface area (Å²) in [5, 5.41) is 0. The van der Waals surface area contributed by atoms with Gasteiger partial charge in [0, 0.05) is 19.3 Å². The molecule has 0 unspecified atom stereocenters. The number of ketones is 1. The summed E-state index contributed by atoms with van der Waals surface area (Å²) < 4.78 is 6.34. The van der Waals surface area contributed by atoms with Gasteiger partial charge in [0.05, 0.1) is 15.2 Å². The number of rotatable bonds is 4. The van der Waals surface area contributed by atoms with Crippen LogP contribution in [0.25, 0.3) is 0 Å². The van der Waals surface area contributed by atoms with E-state index >= 15 is 0 Å². The lowest BCUT2D eigenvalue weighted by Gasteiger charge is -2.30. The van der Waals surface area contributed by atoms with Crippen molar-refractivity contribution in [1.29, 1.82) is 0 Å². The van der Waals surface area contributed by atoms with E-state index in [1.54, 1.807) is 0 Å². The Morgan fingerprint density at radius 1 is 1.53 bits per heavy atom. The molecule has 1 saturated heterocycles. The number of Topliss-reactive ketones (excluding diaryl/α,β-unsaturated/α-hetero) is 1. The molecule has 1 aliphatic rings. The molecule has 17 heavy (non-hydrogen) atoms. The van der Waals surface area contributed by atoms with Crippen molar-refractivity contribution in [1.82, 2.24) is 4.90 Å². The second-order valence-corrected chi connectivity index (χ2v) is 6.75. The van der Waals surface area contributed by atoms with Crippen molar-refractivity contribution in [3.05, 3.63) is 20.8 Å². The minimum Gasteiger partial charge on any atom is -0.381 e. The molecule has 0 aromatic carbocycles. The van der Waals surface area contributed by atoms with Gasteiger partial charge < -0.3 is 4.74 Å². The number of carbonyl (C=O) groups is 1. The molecule has 0 amide bonds. The molecule has 0 saturated carbocycles. The zero-order chi connectivity index (χ0) is 12.3. The van der Waals surface area contributed by atoms with E-state index < -0.39 is 0 Å². The molecule has 1 aromatic rings. The van der Waals surface area contributed by atoms with E-state index in [0.717, 1.165) is 34.7 Å². The first kappa shape index (κ1) is 13.2. The molecule has 0 spiro atoms. The van der Waals surface area contributed by atoms with Crippen molar-refractivity contribution in [3.63, 3.8) is 0 Å². The van der Waals surface area contributed by atoms with Crippen LogP contribution in [0.3, 0.4) is 0 Å². The molecule has 0 atom stereocenters. The summed E-state index contributed by atoms with van der Waals surface area (Å²) in [6.45, 7) is 2.12. The number of carbonyl (C=O) groups excluding carboxylic acids is 1. The lowest BCUT2D eigenvalue weighted by molar-refractivity contribution is 0.0419. The van der Waals surface area contributed by atoms with Crippen LogP contribution in [0.5, 0.6) is 0 Å². The van der Waals surface area contributed by atoms with Crippen LogP contribution in [-0.4, -0.2) is 43.5 Å². The fourth-order valence-corrected chi connectivity index (χ4v) is 3.34. The standard InChI is InChI=1S/C12H16BrNO2S/c1-14(9-4-6-16-7-5-9)8-10(15)11-2-3-12(13)17-11/h2-3,9H,4-8H2,1H3. The zero-order valence-corrected chi connectivity index (χ0v) is 12.2. The van der Waals surface area contributed by atoms with E-state index in [-0.39, 0.29) is 5.78 Å². The van der Waals surface area contributed by atoms with Gasteiger partial charge >= 0.3 is 0 Å². The fourth-order valence-electron chi connectivity index (χ4n) is 2.02. The van der Waals surface area contributed by atoms with Crippen LogP contribution in [0.2, 0.25) is 0 Å². The highest BCUT2D eigenvalue weighted by Gasteiger charge is 2.21. The molecule has 2 heterocycles. The Bertz CT molecular complexity index is 388. The Kier molecular flexibility index (Phi) is 4.73. The van der Waals surface area contributed by atoms with Crippen molar-refractivity contribution in [2.24, 2.45) is 0 Å². The maximum absolute atomic E-state index is 12.0. The van der Waals surface area contributed by atoms with Crippen molar-refractivity contribution in [2.75, 3.05) is 26.8 Å². The second-order valence-electron chi connectivity index (χ2n) is 4.29. The Morgan fingerprint density at radius 3 is 2.82 bits per heavy atom. The van der Waals surface area contributed by atoms with Gasteiger partial charge in [-0.3, -0.25) is 9.69 Å². The minimum atomic E-state index is 0.203. The number of ether oxygens (including phenoxy) is 1. The lowest BCUT2D eigenvalue weighted by atomic mass is 10.1. The van der Waals surface area contributed by atoms with Crippen LogP contribution in [0.4, 0.5) is 0 Å². The zero-order valence-electron chi connectivity index (χ0n) is 9.82. The summed E-state index contributed by atoms with van der Waals surface area (Å²) in [7, 11) is 2.02. The summed E-state index contributed by atoms with van der Waals surface area (Å²) in [5.74, 6) is 0.203. The monoisotopic (exact) mass is 317 g/mol. The van der Waals surface area contributed by atoms with Gasteiger partial charge in [0.2, 0.25) is 0 Å². The summed E-state index contributed by atoms with van der Waals surface area (Å²) in [6, 6.07) is 4.29. The van der Waals surface area contributed by atoms with Crippen LogP contribution in [0.1, 0.15) is 22.5 Å². The number of nitrogens with zero attached hydrogens (tertiary/aromatic N) is 1. The number of halogens is 1. The van der Waals surface area contributed by atoms with Gasteiger partial charge in [-0.05, 0) is 48.0 Å². The molecular weight excluding hydrogens is 302 g/mol. The smallest absolute Gasteiger partial charge is 0.186 e. The minimum absolute atomic E-state index is 0.203. The molecule has 94 valence electrons. The highest BCUT2D eigenvalue weighted by Crippen LogP contribution is 2.23. The van der Waals surface area contributed by atoms with Crippen molar-refractivity contribution >= 4 is 33.0 Å². The third-order valence-corrected chi connectivity index (χ3v) is 4.72. The number of hydrogen-bond acceptors (Lipinski definition) is 4. The SMILES string of the molecule is CN(CC(=O)c1ccc(Br)s1)C1CCOCC1. The number of thiophene rings is 1. The average molecular weight is 318 g/mol. The molecule has 0 bridgehead atoms. The number of hydrogen-bond donors (Lipinski definition) is 0. The van der Waals surface area contributed by atoms with Gasteiger partial charge in [0.1, 0.15) is 0 Å². The molecule has 1 aromatic heterocycles. The Morgan fingerprint density at radius 2 is 2.24 bits per heavy atom. The maximum atomic E-state index is 12.0. The van der Waals surface area contributed by atoms with Gasteiger partial charge in [-0.2, -0.15) is 0 Å². The second kappa shape index (κ2) is 6.09. The van der Waals surface area contributed by atoms with E-state index in [1.165, 1.54) is 11.3 Å². The summed E-state index contributed by atoms with van der Waals surface area (Å²) in [5.41, 5.74) is 0. The van der Waals surface area contributed by atoms with Gasteiger partial charge in [0.15, 0.2) is 5.78 Å². The third kappa shape index (κ3) is 3.61.